The molecule has 22 nitrogen and oxygen atoms in total. The first-order chi connectivity index (χ1) is 34.8. The molecule has 406 valence electrons. The van der Waals surface area contributed by atoms with Gasteiger partial charge in [0.15, 0.2) is 6.04 Å². The maximum Gasteiger partial charge on any atom is 0.332 e. The lowest BCUT2D eigenvalue weighted by molar-refractivity contribution is -0.160. The fraction of sp³-hybridized carbons (Fsp3) is 0.549. The molecule has 3 aliphatic heterocycles. The topological polar surface area (TPSA) is 317 Å². The molecule has 3 heterocycles. The van der Waals surface area contributed by atoms with Gasteiger partial charge in [0.1, 0.15) is 66.9 Å². The van der Waals surface area contributed by atoms with Gasteiger partial charge in [0.25, 0.3) is 0 Å². The smallest absolute Gasteiger partial charge is 0.332 e. The molecule has 74 heavy (non-hydrogen) atoms. The molecule has 0 radical (unpaired) electrons. The van der Waals surface area contributed by atoms with Crippen molar-refractivity contribution in [3.63, 3.8) is 0 Å². The number of ether oxygens (including phenoxy) is 3. The largest absolute Gasteiger partial charge is 0.487 e. The molecule has 23 heteroatoms. The minimum absolute atomic E-state index is 0.133. The molecule has 1 saturated heterocycles. The normalized spacial score (nSPS) is 28.1. The lowest BCUT2D eigenvalue weighted by atomic mass is 9.93. The Hall–Kier alpha value is -6.62. The van der Waals surface area contributed by atoms with Gasteiger partial charge in [0.05, 0.1) is 24.0 Å². The summed E-state index contributed by atoms with van der Waals surface area (Å²) >= 11 is 6.17. The number of aliphatic hydroxyl groups excluding tert-OH is 2. The zero-order chi connectivity index (χ0) is 55.2. The first-order valence-corrected chi connectivity index (χ1v) is 24.9. The van der Waals surface area contributed by atoms with Crippen LogP contribution in [0.2, 0.25) is 0 Å². The Morgan fingerprint density at radius 1 is 0.838 bits per heavy atom. The van der Waals surface area contributed by atoms with E-state index in [0.717, 1.165) is 24.0 Å². The van der Waals surface area contributed by atoms with Crippen LogP contribution in [0.3, 0.4) is 0 Å². The van der Waals surface area contributed by atoms with Crippen LogP contribution in [-0.2, 0) is 59.0 Å². The number of alkyl halides is 1. The van der Waals surface area contributed by atoms with Gasteiger partial charge in [-0.15, -0.1) is 11.6 Å². The van der Waals surface area contributed by atoms with Crippen LogP contribution in [0.4, 0.5) is 0 Å². The van der Waals surface area contributed by atoms with Crippen LogP contribution >= 0.6 is 11.6 Å². The number of fused-ring (bicyclic) bond motifs is 11. The first-order valence-electron chi connectivity index (χ1n) is 24.4. The van der Waals surface area contributed by atoms with E-state index in [4.69, 9.17) is 25.8 Å². The minimum atomic E-state index is -1.98. The quantitative estimate of drug-likeness (QED) is 0.110. The van der Waals surface area contributed by atoms with E-state index in [0.29, 0.717) is 5.56 Å². The Morgan fingerprint density at radius 3 is 2.05 bits per heavy atom. The lowest BCUT2D eigenvalue weighted by Crippen LogP contribution is -2.61. The van der Waals surface area contributed by atoms with Gasteiger partial charge in [0.2, 0.25) is 41.4 Å². The van der Waals surface area contributed by atoms with Crippen molar-refractivity contribution in [2.75, 3.05) is 26.1 Å². The van der Waals surface area contributed by atoms with Gasteiger partial charge in [-0.3, -0.25) is 38.4 Å². The molecule has 5 rings (SSSR count). The standard InChI is InChI=1S/C51H70ClN7O15/c1-10-27(4)39-46(66)58-42-33-16-18-34(19-17-33)74-31(8)51(71,25-52)21-20-37(61)53-23-38(62)72-24-35(50(70)73-30(7)41(48(68)55-39)57-44(64)28(5)43(63)26(2)3)54-47(67)40(29(6)60)56-45(65)36(59(9)49(42)69)22-32-14-12-11-13-15-32/h11-21,26-31,35-36,39-43,60,63,71H,10,22-25H2,1-9H3,(H,53,61)(H,54,67)(H,55,68)(H,56,65)(H,57,64)(H,58,66)/t27-,28+,29+,30+,31+,35-,36-,39+,40+,41-,42-,43+,51+/m1/s1. The average Bonchev–Trinajstić information content (AvgIpc) is 3.37. The Morgan fingerprint density at radius 2 is 1.46 bits per heavy atom. The number of hydrogen-bond acceptors (Lipinski definition) is 15. The maximum absolute atomic E-state index is 15.2. The number of esters is 2. The summed E-state index contributed by atoms with van der Waals surface area (Å²) in [7, 11) is 1.29. The van der Waals surface area contributed by atoms with Crippen LogP contribution < -0.4 is 36.6 Å². The van der Waals surface area contributed by atoms with Crippen LogP contribution in [0, 0.1) is 17.8 Å². The second kappa shape index (κ2) is 27.1. The molecule has 1 fully saturated rings. The molecular formula is C51H70ClN7O15. The summed E-state index contributed by atoms with van der Waals surface area (Å²) in [5.74, 6) is -11.8. The van der Waals surface area contributed by atoms with E-state index in [1.165, 1.54) is 52.1 Å². The van der Waals surface area contributed by atoms with E-state index in [1.54, 1.807) is 58.0 Å². The van der Waals surface area contributed by atoms with Crippen molar-refractivity contribution in [2.24, 2.45) is 17.8 Å². The molecule has 0 spiro atoms. The number of carbonyl (C=O) groups is 9. The monoisotopic (exact) mass is 1060 g/mol. The van der Waals surface area contributed by atoms with Gasteiger partial charge >= 0.3 is 11.9 Å². The van der Waals surface area contributed by atoms with Gasteiger partial charge in [0, 0.05) is 19.5 Å². The number of hydrogen-bond donors (Lipinski definition) is 9. The number of aliphatic hydroxyl groups is 3. The zero-order valence-corrected chi connectivity index (χ0v) is 43.7. The Labute approximate surface area is 435 Å². The summed E-state index contributed by atoms with van der Waals surface area (Å²) in [5, 5.41) is 48.3. The van der Waals surface area contributed by atoms with Crippen molar-refractivity contribution in [1.29, 1.82) is 0 Å². The fourth-order valence-electron chi connectivity index (χ4n) is 7.90. The molecular weight excluding hydrogens is 986 g/mol. The number of halogens is 1. The van der Waals surface area contributed by atoms with Gasteiger partial charge in [-0.05, 0) is 61.9 Å². The molecule has 3 aliphatic rings. The third-order valence-electron chi connectivity index (χ3n) is 13.1. The summed E-state index contributed by atoms with van der Waals surface area (Å²) in [6.45, 7) is 10.2. The van der Waals surface area contributed by atoms with E-state index in [9.17, 15) is 53.7 Å². The maximum atomic E-state index is 15.2. The fourth-order valence-corrected chi connectivity index (χ4v) is 8.20. The molecule has 0 aliphatic carbocycles. The van der Waals surface area contributed by atoms with E-state index >= 15 is 4.79 Å². The minimum Gasteiger partial charge on any atom is -0.487 e. The summed E-state index contributed by atoms with van der Waals surface area (Å²) in [6.07, 6.45) is -3.61. The van der Waals surface area contributed by atoms with E-state index < -0.39 is 156 Å². The molecule has 9 N–H and O–H groups in total. The second-order valence-corrected chi connectivity index (χ2v) is 19.4. The van der Waals surface area contributed by atoms with E-state index in [2.05, 4.69) is 31.9 Å². The average molecular weight is 1060 g/mol. The van der Waals surface area contributed by atoms with Crippen LogP contribution in [0.25, 0.3) is 0 Å². The number of rotatable bonds is 10. The van der Waals surface area contributed by atoms with E-state index in [-0.39, 0.29) is 24.2 Å². The Balaban J connectivity index is 2.03. The highest BCUT2D eigenvalue weighted by atomic mass is 35.5. The Bertz CT molecular complexity index is 2360. The van der Waals surface area contributed by atoms with Crippen LogP contribution in [0.5, 0.6) is 5.75 Å². The predicted molar refractivity (Wildman–Crippen MR) is 267 cm³/mol. The summed E-state index contributed by atoms with van der Waals surface area (Å²) in [5.41, 5.74) is -1.28. The molecule has 4 bridgehead atoms. The third kappa shape index (κ3) is 15.9. The second-order valence-electron chi connectivity index (χ2n) is 19.1. The van der Waals surface area contributed by atoms with Crippen molar-refractivity contribution in [1.82, 2.24) is 36.8 Å². The summed E-state index contributed by atoms with van der Waals surface area (Å²) in [6, 6.07) is 4.00. The zero-order valence-electron chi connectivity index (χ0n) is 43.0. The first kappa shape index (κ1) is 59.9. The van der Waals surface area contributed by atoms with Gasteiger partial charge in [-0.1, -0.05) is 83.5 Å². The number of likely N-dealkylation sites (N-methyl/N-ethyl adjacent to an activating group) is 1. The van der Waals surface area contributed by atoms with Crippen LogP contribution in [-0.4, -0.2) is 160 Å². The van der Waals surface area contributed by atoms with Crippen molar-refractivity contribution in [2.45, 2.75) is 134 Å². The van der Waals surface area contributed by atoms with Crippen molar-refractivity contribution in [3.8, 4) is 5.75 Å². The lowest BCUT2D eigenvalue weighted by Gasteiger charge is -2.34. The summed E-state index contributed by atoms with van der Waals surface area (Å²) < 4.78 is 17.0. The number of amides is 7. The molecule has 2 aromatic rings. The molecule has 0 unspecified atom stereocenters. The molecule has 0 aromatic heterocycles. The number of carbonyl (C=O) groups excluding carboxylic acids is 9. The van der Waals surface area contributed by atoms with Gasteiger partial charge in [-0.25, -0.2) is 4.79 Å². The van der Waals surface area contributed by atoms with Crippen molar-refractivity contribution >= 4 is 64.9 Å². The molecule has 13 atom stereocenters. The van der Waals surface area contributed by atoms with Crippen molar-refractivity contribution in [3.05, 3.63) is 77.9 Å². The van der Waals surface area contributed by atoms with E-state index in [1.807, 2.05) is 0 Å². The van der Waals surface area contributed by atoms with Crippen LogP contribution in [0.1, 0.15) is 79.0 Å². The predicted octanol–water partition coefficient (Wildman–Crippen LogP) is -0.156. The highest BCUT2D eigenvalue weighted by molar-refractivity contribution is 6.18. The third-order valence-corrected chi connectivity index (χ3v) is 13.6. The SMILES string of the molecule is CC[C@@H](C)[C@@H]1NC(=O)[C@H](NC(=O)[C@@H](C)[C@@H](O)C(C)C)[C@H](C)OC(=O)[C@H]2COC(=O)CNC(=O)C=C[C@](O)(CCl)[C@H](C)Oc3ccc(cc3)[C@@H](NC1=O)C(=O)N(C)[C@H](Cc1ccccc1)C(=O)N[C@@H]([C@H](C)O)C(=O)N2. The van der Waals surface area contributed by atoms with Gasteiger partial charge in [-0.2, -0.15) is 0 Å². The number of nitrogens with one attached hydrogen (secondary N) is 6. The number of benzene rings is 2. The number of cyclic esters (lactones) is 1. The molecule has 2 aromatic carbocycles. The van der Waals surface area contributed by atoms with Crippen LogP contribution in [0.15, 0.2) is 66.7 Å². The van der Waals surface area contributed by atoms with Crippen molar-refractivity contribution < 1.29 is 72.7 Å². The molecule has 7 amide bonds. The summed E-state index contributed by atoms with van der Waals surface area (Å²) in [4.78, 5) is 128. The number of nitrogens with zero attached hydrogens (tertiary/aromatic N) is 1. The highest BCUT2D eigenvalue weighted by Crippen LogP contribution is 2.26. The Kier molecular flexibility index (Phi) is 21.9. The van der Waals surface area contributed by atoms with Gasteiger partial charge < -0.3 is 66.3 Å². The highest BCUT2D eigenvalue weighted by Gasteiger charge is 2.42. The molecule has 0 saturated carbocycles.